The molecule has 1 heterocycles. The molecule has 0 aromatic heterocycles. The van der Waals surface area contributed by atoms with E-state index in [-0.39, 0.29) is 18.4 Å². The largest absolute Gasteiger partial charge is 0.481 e. The summed E-state index contributed by atoms with van der Waals surface area (Å²) in [6, 6.07) is 5.38. The summed E-state index contributed by atoms with van der Waals surface area (Å²) in [5.74, 6) is -1.31. The van der Waals surface area contributed by atoms with Gasteiger partial charge in [-0.15, -0.1) is 0 Å². The molecule has 6 nitrogen and oxygen atoms in total. The van der Waals surface area contributed by atoms with Crippen LogP contribution in [0.3, 0.4) is 0 Å². The van der Waals surface area contributed by atoms with E-state index in [9.17, 15) is 9.59 Å². The summed E-state index contributed by atoms with van der Waals surface area (Å²) in [4.78, 5) is 24.9. The SMILES string of the molecule is Cc1ccc(NC(=O)CN2CCCC(C(=O)O)C2)cc1N. The molecular formula is C15H21N3O3. The highest BCUT2D eigenvalue weighted by Crippen LogP contribution is 2.18. The number of aliphatic carboxylic acids is 1. The Morgan fingerprint density at radius 3 is 2.90 bits per heavy atom. The fourth-order valence-corrected chi connectivity index (χ4v) is 2.52. The number of benzene rings is 1. The summed E-state index contributed by atoms with van der Waals surface area (Å²) in [7, 11) is 0. The van der Waals surface area contributed by atoms with Crippen molar-refractivity contribution in [1.29, 1.82) is 0 Å². The lowest BCUT2D eigenvalue weighted by atomic mass is 9.98. The molecule has 1 aliphatic heterocycles. The Morgan fingerprint density at radius 1 is 1.48 bits per heavy atom. The molecule has 1 fully saturated rings. The number of likely N-dealkylation sites (tertiary alicyclic amines) is 1. The molecule has 21 heavy (non-hydrogen) atoms. The van der Waals surface area contributed by atoms with Crippen LogP contribution in [0, 0.1) is 12.8 Å². The number of carboxylic acids is 1. The number of nitrogens with two attached hydrogens (primary N) is 1. The fraction of sp³-hybridized carbons (Fsp3) is 0.467. The lowest BCUT2D eigenvalue weighted by Gasteiger charge is -2.29. The zero-order valence-corrected chi connectivity index (χ0v) is 12.1. The first-order chi connectivity index (χ1) is 9.95. The smallest absolute Gasteiger partial charge is 0.307 e. The van der Waals surface area contributed by atoms with Crippen molar-refractivity contribution in [3.05, 3.63) is 23.8 Å². The Labute approximate surface area is 123 Å². The highest BCUT2D eigenvalue weighted by Gasteiger charge is 2.26. The molecule has 1 amide bonds. The number of anilines is 2. The predicted molar refractivity (Wildman–Crippen MR) is 81.0 cm³/mol. The van der Waals surface area contributed by atoms with Gasteiger partial charge in [0.25, 0.3) is 0 Å². The minimum Gasteiger partial charge on any atom is -0.481 e. The van der Waals surface area contributed by atoms with E-state index < -0.39 is 5.97 Å². The standard InChI is InChI=1S/C15H21N3O3/c1-10-4-5-12(7-13(10)16)17-14(19)9-18-6-2-3-11(8-18)15(20)21/h4-5,7,11H,2-3,6,8-9,16H2,1H3,(H,17,19)(H,20,21). The summed E-state index contributed by atoms with van der Waals surface area (Å²) in [5.41, 5.74) is 8.07. The second-order valence-electron chi connectivity index (χ2n) is 5.53. The van der Waals surface area contributed by atoms with Gasteiger partial charge in [0, 0.05) is 17.9 Å². The van der Waals surface area contributed by atoms with Crippen LogP contribution in [-0.4, -0.2) is 41.5 Å². The average Bonchev–Trinajstić information content (AvgIpc) is 2.43. The van der Waals surface area contributed by atoms with Gasteiger partial charge in [0.15, 0.2) is 0 Å². The van der Waals surface area contributed by atoms with Gasteiger partial charge in [0.05, 0.1) is 12.5 Å². The molecule has 0 saturated carbocycles. The molecule has 0 radical (unpaired) electrons. The van der Waals surface area contributed by atoms with E-state index in [1.165, 1.54) is 0 Å². The third kappa shape index (κ3) is 4.19. The molecule has 1 atom stereocenters. The summed E-state index contributed by atoms with van der Waals surface area (Å²) in [6.45, 7) is 3.30. The second kappa shape index (κ2) is 6.58. The molecule has 0 aliphatic carbocycles. The fourth-order valence-electron chi connectivity index (χ4n) is 2.52. The molecule has 1 saturated heterocycles. The Bertz CT molecular complexity index is 545. The molecule has 1 unspecified atom stereocenters. The van der Waals surface area contributed by atoms with Crippen molar-refractivity contribution in [2.75, 3.05) is 30.7 Å². The van der Waals surface area contributed by atoms with Crippen LogP contribution in [0.5, 0.6) is 0 Å². The molecule has 114 valence electrons. The maximum Gasteiger partial charge on any atom is 0.307 e. The van der Waals surface area contributed by atoms with Crippen LogP contribution in [-0.2, 0) is 9.59 Å². The van der Waals surface area contributed by atoms with Crippen molar-refractivity contribution >= 4 is 23.3 Å². The van der Waals surface area contributed by atoms with Gasteiger partial charge in [0.2, 0.25) is 5.91 Å². The van der Waals surface area contributed by atoms with Crippen LogP contribution in [0.25, 0.3) is 0 Å². The Hall–Kier alpha value is -2.08. The van der Waals surface area contributed by atoms with E-state index >= 15 is 0 Å². The lowest BCUT2D eigenvalue weighted by molar-refractivity contribution is -0.144. The third-order valence-electron chi connectivity index (χ3n) is 3.78. The van der Waals surface area contributed by atoms with Gasteiger partial charge in [0.1, 0.15) is 0 Å². The van der Waals surface area contributed by atoms with E-state index in [2.05, 4.69) is 5.32 Å². The van der Waals surface area contributed by atoms with Crippen LogP contribution >= 0.6 is 0 Å². The minimum atomic E-state index is -0.786. The van der Waals surface area contributed by atoms with E-state index in [0.717, 1.165) is 18.5 Å². The highest BCUT2D eigenvalue weighted by atomic mass is 16.4. The molecular weight excluding hydrogens is 270 g/mol. The van der Waals surface area contributed by atoms with Gasteiger partial charge in [-0.25, -0.2) is 0 Å². The topological polar surface area (TPSA) is 95.7 Å². The number of nitrogen functional groups attached to an aromatic ring is 1. The van der Waals surface area contributed by atoms with Crippen molar-refractivity contribution in [2.24, 2.45) is 5.92 Å². The quantitative estimate of drug-likeness (QED) is 0.727. The van der Waals surface area contributed by atoms with Gasteiger partial charge in [-0.3, -0.25) is 14.5 Å². The van der Waals surface area contributed by atoms with Crippen molar-refractivity contribution in [2.45, 2.75) is 19.8 Å². The summed E-state index contributed by atoms with van der Waals surface area (Å²) in [5, 5.41) is 11.8. The molecule has 1 aliphatic rings. The molecule has 2 rings (SSSR count). The number of carbonyl (C=O) groups is 2. The van der Waals surface area contributed by atoms with Crippen LogP contribution in [0.2, 0.25) is 0 Å². The maximum absolute atomic E-state index is 12.0. The van der Waals surface area contributed by atoms with Crippen LogP contribution in [0.15, 0.2) is 18.2 Å². The summed E-state index contributed by atoms with van der Waals surface area (Å²) >= 11 is 0. The number of aryl methyl sites for hydroxylation is 1. The zero-order chi connectivity index (χ0) is 15.4. The van der Waals surface area contributed by atoms with Crippen LogP contribution in [0.1, 0.15) is 18.4 Å². The molecule has 4 N–H and O–H groups in total. The number of carboxylic acid groups (broad SMARTS) is 1. The van der Waals surface area contributed by atoms with Gasteiger partial charge >= 0.3 is 5.97 Å². The van der Waals surface area contributed by atoms with Crippen LogP contribution < -0.4 is 11.1 Å². The number of carbonyl (C=O) groups excluding carboxylic acids is 1. The molecule has 1 aromatic carbocycles. The highest BCUT2D eigenvalue weighted by molar-refractivity contribution is 5.92. The first-order valence-corrected chi connectivity index (χ1v) is 7.07. The van der Waals surface area contributed by atoms with E-state index in [1.807, 2.05) is 17.9 Å². The van der Waals surface area contributed by atoms with Gasteiger partial charge in [-0.05, 0) is 44.0 Å². The number of amides is 1. The van der Waals surface area contributed by atoms with Crippen molar-refractivity contribution in [3.63, 3.8) is 0 Å². The second-order valence-corrected chi connectivity index (χ2v) is 5.53. The first-order valence-electron chi connectivity index (χ1n) is 7.07. The minimum absolute atomic E-state index is 0.149. The van der Waals surface area contributed by atoms with Gasteiger partial charge < -0.3 is 16.2 Å². The van der Waals surface area contributed by atoms with Crippen molar-refractivity contribution in [3.8, 4) is 0 Å². The van der Waals surface area contributed by atoms with Gasteiger partial charge in [-0.1, -0.05) is 6.07 Å². The monoisotopic (exact) mass is 291 g/mol. The Morgan fingerprint density at radius 2 is 2.24 bits per heavy atom. The number of piperidine rings is 1. The van der Waals surface area contributed by atoms with E-state index in [1.54, 1.807) is 12.1 Å². The predicted octanol–water partition coefficient (Wildman–Crippen LogP) is 1.31. The number of hydrogen-bond donors (Lipinski definition) is 3. The first kappa shape index (κ1) is 15.3. The molecule has 1 aromatic rings. The maximum atomic E-state index is 12.0. The number of nitrogens with one attached hydrogen (secondary N) is 1. The molecule has 0 spiro atoms. The van der Waals surface area contributed by atoms with Crippen molar-refractivity contribution < 1.29 is 14.7 Å². The zero-order valence-electron chi connectivity index (χ0n) is 12.1. The number of nitrogens with zero attached hydrogens (tertiary/aromatic N) is 1. The number of hydrogen-bond acceptors (Lipinski definition) is 4. The summed E-state index contributed by atoms with van der Waals surface area (Å²) < 4.78 is 0. The van der Waals surface area contributed by atoms with E-state index in [0.29, 0.717) is 24.3 Å². The summed E-state index contributed by atoms with van der Waals surface area (Å²) in [6.07, 6.45) is 1.49. The normalized spacial score (nSPS) is 19.2. The van der Waals surface area contributed by atoms with Gasteiger partial charge in [-0.2, -0.15) is 0 Å². The third-order valence-corrected chi connectivity index (χ3v) is 3.78. The number of rotatable bonds is 4. The average molecular weight is 291 g/mol. The Kier molecular flexibility index (Phi) is 4.80. The Balaban J connectivity index is 1.89. The van der Waals surface area contributed by atoms with E-state index in [4.69, 9.17) is 10.8 Å². The van der Waals surface area contributed by atoms with Crippen molar-refractivity contribution in [1.82, 2.24) is 4.90 Å². The molecule has 0 bridgehead atoms. The lowest BCUT2D eigenvalue weighted by Crippen LogP contribution is -2.42. The molecule has 6 heteroatoms. The van der Waals surface area contributed by atoms with Crippen LogP contribution in [0.4, 0.5) is 11.4 Å².